The lowest BCUT2D eigenvalue weighted by Crippen LogP contribution is -2.25. The van der Waals surface area contributed by atoms with Gasteiger partial charge in [0.15, 0.2) is 0 Å². The van der Waals surface area contributed by atoms with Crippen molar-refractivity contribution in [2.45, 2.75) is 58.3 Å². The van der Waals surface area contributed by atoms with Gasteiger partial charge in [-0.15, -0.1) is 0 Å². The minimum atomic E-state index is -0.212. The quantitative estimate of drug-likeness (QED) is 0.431. The highest BCUT2D eigenvalue weighted by atomic mass is 16.5. The number of carbonyl (C=O) groups is 1. The van der Waals surface area contributed by atoms with Gasteiger partial charge in [0.2, 0.25) is 0 Å². The number of hydrogen-bond donors (Lipinski definition) is 0. The van der Waals surface area contributed by atoms with Crippen LogP contribution >= 0.6 is 0 Å². The van der Waals surface area contributed by atoms with Gasteiger partial charge in [0.1, 0.15) is 17.9 Å². The zero-order valence-corrected chi connectivity index (χ0v) is 14.3. The van der Waals surface area contributed by atoms with E-state index in [0.717, 1.165) is 31.6 Å². The van der Waals surface area contributed by atoms with Gasteiger partial charge >= 0.3 is 5.97 Å². The molecular weight excluding hydrogens is 300 g/mol. The summed E-state index contributed by atoms with van der Waals surface area (Å²) in [7, 11) is 0. The average Bonchev–Trinajstić information content (AvgIpc) is 2.62. The number of rotatable bonds is 6. The Balaban J connectivity index is 1.86. The molecule has 2 rings (SSSR count). The highest BCUT2D eigenvalue weighted by Crippen LogP contribution is 2.33. The number of benzene rings is 1. The van der Waals surface area contributed by atoms with Crippen LogP contribution in [0.4, 0.5) is 0 Å². The Hall–Kier alpha value is -2.33. The number of nitrogens with zero attached hydrogens (tertiary/aromatic N) is 2. The number of carbonyl (C=O) groups excluding carboxylic acids is 1. The number of nitriles is 2. The Morgan fingerprint density at radius 1 is 1.12 bits per heavy atom. The van der Waals surface area contributed by atoms with Gasteiger partial charge in [0.25, 0.3) is 0 Å². The van der Waals surface area contributed by atoms with Crippen molar-refractivity contribution in [3.05, 3.63) is 29.3 Å². The molecule has 0 saturated heterocycles. The van der Waals surface area contributed by atoms with Crippen LogP contribution in [0.25, 0.3) is 0 Å². The fourth-order valence-corrected chi connectivity index (χ4v) is 3.35. The van der Waals surface area contributed by atoms with Crippen LogP contribution in [0.1, 0.15) is 69.4 Å². The van der Waals surface area contributed by atoms with Gasteiger partial charge in [0, 0.05) is 6.07 Å². The third-order valence-corrected chi connectivity index (χ3v) is 4.85. The maximum atomic E-state index is 12.3. The maximum absolute atomic E-state index is 12.3. The molecule has 126 valence electrons. The minimum Gasteiger partial charge on any atom is -0.426 e. The molecule has 0 bridgehead atoms. The third kappa shape index (κ3) is 4.83. The first-order valence-electron chi connectivity index (χ1n) is 8.83. The zero-order chi connectivity index (χ0) is 17.4. The second-order valence-corrected chi connectivity index (χ2v) is 6.57. The molecule has 0 unspecified atom stereocenters. The first-order chi connectivity index (χ1) is 11.7. The van der Waals surface area contributed by atoms with Gasteiger partial charge in [-0.05, 0) is 43.7 Å². The molecule has 1 saturated carbocycles. The van der Waals surface area contributed by atoms with Crippen LogP contribution in [-0.2, 0) is 4.79 Å². The molecule has 0 heterocycles. The highest BCUT2D eigenvalue weighted by molar-refractivity contribution is 5.75. The lowest BCUT2D eigenvalue weighted by atomic mass is 9.80. The zero-order valence-electron chi connectivity index (χ0n) is 14.3. The lowest BCUT2D eigenvalue weighted by molar-refractivity contribution is -0.140. The summed E-state index contributed by atoms with van der Waals surface area (Å²) in [4.78, 5) is 12.3. The number of esters is 1. The molecule has 0 amide bonds. The third-order valence-electron chi connectivity index (χ3n) is 4.85. The van der Waals surface area contributed by atoms with Crippen molar-refractivity contribution in [2.75, 3.05) is 0 Å². The topological polar surface area (TPSA) is 73.9 Å². The molecule has 0 aliphatic heterocycles. The summed E-state index contributed by atoms with van der Waals surface area (Å²) in [5.41, 5.74) is 0.535. The first kappa shape index (κ1) is 18.0. The number of ether oxygens (including phenoxy) is 1. The van der Waals surface area contributed by atoms with Crippen LogP contribution in [0.5, 0.6) is 5.75 Å². The van der Waals surface area contributed by atoms with Crippen LogP contribution in [0.15, 0.2) is 18.2 Å². The Morgan fingerprint density at radius 2 is 1.83 bits per heavy atom. The van der Waals surface area contributed by atoms with Crippen molar-refractivity contribution in [1.29, 1.82) is 10.5 Å². The van der Waals surface area contributed by atoms with Gasteiger partial charge in [-0.1, -0.05) is 32.6 Å². The van der Waals surface area contributed by atoms with Crippen molar-refractivity contribution >= 4 is 5.97 Å². The molecule has 0 radical (unpaired) electrons. The number of unbranched alkanes of at least 4 members (excludes halogenated alkanes) is 2. The van der Waals surface area contributed by atoms with Crippen LogP contribution < -0.4 is 4.74 Å². The van der Waals surface area contributed by atoms with Crippen molar-refractivity contribution in [3.8, 4) is 17.9 Å². The molecule has 1 aromatic rings. The van der Waals surface area contributed by atoms with E-state index < -0.39 is 0 Å². The molecule has 0 atom stereocenters. The molecule has 4 nitrogen and oxygen atoms in total. The van der Waals surface area contributed by atoms with E-state index in [-0.39, 0.29) is 17.5 Å². The van der Waals surface area contributed by atoms with E-state index in [9.17, 15) is 4.79 Å². The highest BCUT2D eigenvalue weighted by Gasteiger charge is 2.27. The predicted molar refractivity (Wildman–Crippen MR) is 91.1 cm³/mol. The van der Waals surface area contributed by atoms with E-state index in [1.807, 2.05) is 12.1 Å². The molecule has 1 aromatic carbocycles. The summed E-state index contributed by atoms with van der Waals surface area (Å²) in [5.74, 6) is 0.838. The Bertz CT molecular complexity index is 647. The summed E-state index contributed by atoms with van der Waals surface area (Å²) >= 11 is 0. The van der Waals surface area contributed by atoms with Gasteiger partial charge in [-0.2, -0.15) is 10.5 Å². The summed E-state index contributed by atoms with van der Waals surface area (Å²) in [5, 5.41) is 18.0. The molecule has 1 fully saturated rings. The van der Waals surface area contributed by atoms with E-state index in [1.165, 1.54) is 37.8 Å². The standard InChI is InChI=1S/C20H24N2O2/c1-2-3-4-5-15-6-8-16(9-7-15)20(23)24-19-11-10-17(13-21)18(12-19)14-22/h10-12,15-16H,2-9H2,1H3. The summed E-state index contributed by atoms with van der Waals surface area (Å²) in [6.07, 6.45) is 9.07. The van der Waals surface area contributed by atoms with Crippen molar-refractivity contribution in [1.82, 2.24) is 0 Å². The normalized spacial score (nSPS) is 20.0. The largest absolute Gasteiger partial charge is 0.426 e. The molecule has 0 N–H and O–H groups in total. The van der Waals surface area contributed by atoms with Crippen molar-refractivity contribution < 1.29 is 9.53 Å². The van der Waals surface area contributed by atoms with Crippen molar-refractivity contribution in [3.63, 3.8) is 0 Å². The summed E-state index contributed by atoms with van der Waals surface area (Å²) in [6, 6.07) is 8.47. The smallest absolute Gasteiger partial charge is 0.314 e. The van der Waals surface area contributed by atoms with Crippen molar-refractivity contribution in [2.24, 2.45) is 11.8 Å². The minimum absolute atomic E-state index is 0.0476. The van der Waals surface area contributed by atoms with E-state index >= 15 is 0 Å². The number of hydrogen-bond acceptors (Lipinski definition) is 4. The molecule has 1 aliphatic carbocycles. The summed E-state index contributed by atoms with van der Waals surface area (Å²) < 4.78 is 5.43. The van der Waals surface area contributed by atoms with E-state index in [1.54, 1.807) is 6.07 Å². The first-order valence-corrected chi connectivity index (χ1v) is 8.83. The molecule has 1 aliphatic rings. The monoisotopic (exact) mass is 324 g/mol. The van der Waals surface area contributed by atoms with Crippen LogP contribution in [0, 0.1) is 34.5 Å². The predicted octanol–water partition coefficient (Wildman–Crippen LogP) is 4.72. The molecule has 0 aromatic heterocycles. The average molecular weight is 324 g/mol. The van der Waals surface area contributed by atoms with Crippen LogP contribution in [0.2, 0.25) is 0 Å². The Morgan fingerprint density at radius 3 is 2.46 bits per heavy atom. The van der Waals surface area contributed by atoms with E-state index in [4.69, 9.17) is 15.3 Å². The van der Waals surface area contributed by atoms with Crippen LogP contribution in [0.3, 0.4) is 0 Å². The lowest BCUT2D eigenvalue weighted by Gasteiger charge is -2.27. The van der Waals surface area contributed by atoms with Gasteiger partial charge in [-0.25, -0.2) is 0 Å². The summed E-state index contributed by atoms with van der Waals surface area (Å²) in [6.45, 7) is 2.22. The van der Waals surface area contributed by atoms with Gasteiger partial charge in [0.05, 0.1) is 17.0 Å². The van der Waals surface area contributed by atoms with Gasteiger partial charge < -0.3 is 4.74 Å². The Kier molecular flexibility index (Phi) is 6.82. The van der Waals surface area contributed by atoms with E-state index in [0.29, 0.717) is 11.3 Å². The fraction of sp³-hybridized carbons (Fsp3) is 0.550. The second kappa shape index (κ2) is 9.08. The molecule has 24 heavy (non-hydrogen) atoms. The SMILES string of the molecule is CCCCCC1CCC(C(=O)Oc2ccc(C#N)c(C#N)c2)CC1. The van der Waals surface area contributed by atoms with Gasteiger partial charge in [-0.3, -0.25) is 4.79 Å². The molecule has 4 heteroatoms. The Labute approximate surface area is 144 Å². The van der Waals surface area contributed by atoms with E-state index in [2.05, 4.69) is 6.92 Å². The second-order valence-electron chi connectivity index (χ2n) is 6.57. The fourth-order valence-electron chi connectivity index (χ4n) is 3.35. The molecule has 0 spiro atoms. The van der Waals surface area contributed by atoms with Crippen LogP contribution in [-0.4, -0.2) is 5.97 Å². The maximum Gasteiger partial charge on any atom is 0.314 e. The molecular formula is C20H24N2O2.